The van der Waals surface area contributed by atoms with Crippen molar-refractivity contribution in [3.63, 3.8) is 0 Å². The molecule has 0 aliphatic heterocycles. The van der Waals surface area contributed by atoms with Gasteiger partial charge in [0.15, 0.2) is 0 Å². The van der Waals surface area contributed by atoms with Crippen LogP contribution in [0, 0.1) is 0 Å². The summed E-state index contributed by atoms with van der Waals surface area (Å²) in [5.41, 5.74) is 1.74. The minimum absolute atomic E-state index is 0.0465. The van der Waals surface area contributed by atoms with E-state index < -0.39 is 47.8 Å². The van der Waals surface area contributed by atoms with Crippen LogP contribution in [0.25, 0.3) is 0 Å². The SMILES string of the molecule is O=C(Nc1cccc(NC(=O)C(Cc2ccccc2)N/C=C/C(=O)C(F)(F)F)c1)C(Cc1ccccc1)N/C=C/C(=O)C(F)(F)F. The highest BCUT2D eigenvalue weighted by Gasteiger charge is 2.37. The molecule has 0 heterocycles. The van der Waals surface area contributed by atoms with Gasteiger partial charge in [0.1, 0.15) is 12.1 Å². The number of nitrogens with one attached hydrogen (secondary N) is 4. The van der Waals surface area contributed by atoms with Gasteiger partial charge >= 0.3 is 12.4 Å². The molecule has 3 rings (SSSR count). The molecule has 3 aromatic carbocycles. The number of rotatable bonds is 14. The van der Waals surface area contributed by atoms with Crippen LogP contribution >= 0.6 is 0 Å². The van der Waals surface area contributed by atoms with Crippen LogP contribution in [0.2, 0.25) is 0 Å². The van der Waals surface area contributed by atoms with Crippen molar-refractivity contribution in [3.05, 3.63) is 121 Å². The number of halogens is 6. The largest absolute Gasteiger partial charge is 0.454 e. The van der Waals surface area contributed by atoms with Gasteiger partial charge in [-0.2, -0.15) is 26.3 Å². The zero-order valence-corrected chi connectivity index (χ0v) is 23.9. The molecule has 0 aromatic heterocycles. The van der Waals surface area contributed by atoms with E-state index in [1.807, 2.05) is 0 Å². The molecule has 0 aliphatic rings. The summed E-state index contributed by atoms with van der Waals surface area (Å²) in [5, 5.41) is 10.3. The Balaban J connectivity index is 1.74. The zero-order valence-electron chi connectivity index (χ0n) is 23.9. The quantitative estimate of drug-likeness (QED) is 0.140. The fraction of sp³-hybridized carbons (Fsp3) is 0.188. The summed E-state index contributed by atoms with van der Waals surface area (Å²) in [6.45, 7) is 0. The standard InChI is InChI=1S/C32H28F6N4O4/c33-31(34,35)27(43)14-16-39-25(18-21-8-3-1-4-9-21)29(45)41-23-12-7-13-24(20-23)42-30(46)26(19-22-10-5-2-6-11-22)40-17-15-28(44)32(36,37)38/h1-17,20,25-26,39-40H,18-19H2,(H,41,45)(H,42,46)/b16-14+,17-15+. The Kier molecular flexibility index (Phi) is 12.3. The molecule has 8 nitrogen and oxygen atoms in total. The smallest absolute Gasteiger partial charge is 0.379 e. The van der Waals surface area contributed by atoms with Gasteiger partial charge in [0.2, 0.25) is 11.8 Å². The van der Waals surface area contributed by atoms with Gasteiger partial charge < -0.3 is 21.3 Å². The molecule has 0 radical (unpaired) electrons. The third-order valence-electron chi connectivity index (χ3n) is 6.22. The maximum atomic E-state index is 13.2. The lowest BCUT2D eigenvalue weighted by Gasteiger charge is -2.19. The van der Waals surface area contributed by atoms with Crippen LogP contribution in [-0.2, 0) is 32.0 Å². The van der Waals surface area contributed by atoms with Crippen LogP contribution in [0.1, 0.15) is 11.1 Å². The van der Waals surface area contributed by atoms with Crippen molar-refractivity contribution in [2.24, 2.45) is 0 Å². The second-order valence-electron chi connectivity index (χ2n) is 9.77. The third kappa shape index (κ3) is 11.6. The highest BCUT2D eigenvalue weighted by atomic mass is 19.4. The summed E-state index contributed by atoms with van der Waals surface area (Å²) in [6.07, 6.45) is -8.02. The number of carbonyl (C=O) groups excluding carboxylic acids is 4. The van der Waals surface area contributed by atoms with E-state index >= 15 is 0 Å². The maximum absolute atomic E-state index is 13.2. The van der Waals surface area contributed by atoms with Crippen molar-refractivity contribution in [3.8, 4) is 0 Å². The van der Waals surface area contributed by atoms with Gasteiger partial charge in [-0.1, -0.05) is 66.7 Å². The van der Waals surface area contributed by atoms with Crippen LogP contribution in [0.5, 0.6) is 0 Å². The Labute approximate surface area is 259 Å². The maximum Gasteiger partial charge on any atom is 0.454 e. The molecule has 46 heavy (non-hydrogen) atoms. The topological polar surface area (TPSA) is 116 Å². The summed E-state index contributed by atoms with van der Waals surface area (Å²) in [5.74, 6) is -5.55. The minimum atomic E-state index is -5.08. The fourth-order valence-corrected chi connectivity index (χ4v) is 3.96. The molecule has 2 amide bonds. The van der Waals surface area contributed by atoms with Gasteiger partial charge in [-0.15, -0.1) is 0 Å². The second kappa shape index (κ2) is 16.1. The summed E-state index contributed by atoms with van der Waals surface area (Å²) < 4.78 is 75.5. The number of hydrogen-bond donors (Lipinski definition) is 4. The third-order valence-corrected chi connectivity index (χ3v) is 6.22. The molecule has 3 aromatic rings. The van der Waals surface area contributed by atoms with Crippen molar-refractivity contribution in [2.75, 3.05) is 10.6 Å². The summed E-state index contributed by atoms with van der Waals surface area (Å²) in [7, 11) is 0. The number of alkyl halides is 6. The van der Waals surface area contributed by atoms with Crippen molar-refractivity contribution in [1.82, 2.24) is 10.6 Å². The second-order valence-corrected chi connectivity index (χ2v) is 9.77. The first-order valence-electron chi connectivity index (χ1n) is 13.6. The van der Waals surface area contributed by atoms with E-state index in [2.05, 4.69) is 21.3 Å². The van der Waals surface area contributed by atoms with E-state index in [1.165, 1.54) is 24.3 Å². The monoisotopic (exact) mass is 646 g/mol. The van der Waals surface area contributed by atoms with Crippen LogP contribution in [0.15, 0.2) is 109 Å². The Morgan fingerprint density at radius 1 is 0.565 bits per heavy atom. The van der Waals surface area contributed by atoms with E-state index in [0.717, 1.165) is 12.4 Å². The average molecular weight is 647 g/mol. The van der Waals surface area contributed by atoms with Crippen LogP contribution in [-0.4, -0.2) is 47.8 Å². The van der Waals surface area contributed by atoms with E-state index in [-0.39, 0.29) is 36.4 Å². The number of anilines is 2. The highest BCUT2D eigenvalue weighted by Crippen LogP contribution is 2.19. The first-order valence-corrected chi connectivity index (χ1v) is 13.6. The number of benzene rings is 3. The zero-order chi connectivity index (χ0) is 33.7. The van der Waals surface area contributed by atoms with Crippen molar-refractivity contribution in [2.45, 2.75) is 37.3 Å². The molecule has 0 spiro atoms. The lowest BCUT2D eigenvalue weighted by molar-refractivity contribution is -0.165. The molecule has 0 aliphatic carbocycles. The Hall–Kier alpha value is -5.40. The van der Waals surface area contributed by atoms with Gasteiger partial charge in [0, 0.05) is 48.8 Å². The van der Waals surface area contributed by atoms with Gasteiger partial charge in [0.25, 0.3) is 11.6 Å². The lowest BCUT2D eigenvalue weighted by Crippen LogP contribution is -2.40. The summed E-state index contributed by atoms with van der Waals surface area (Å²) in [4.78, 5) is 48.7. The molecule has 2 unspecified atom stereocenters. The molecule has 242 valence electrons. The molecular weight excluding hydrogens is 618 g/mol. The fourth-order valence-electron chi connectivity index (χ4n) is 3.96. The van der Waals surface area contributed by atoms with Crippen molar-refractivity contribution >= 4 is 34.8 Å². The van der Waals surface area contributed by atoms with Gasteiger partial charge in [-0.05, 0) is 29.3 Å². The average Bonchev–Trinajstić information content (AvgIpc) is 3.00. The molecule has 0 bridgehead atoms. The predicted molar refractivity (Wildman–Crippen MR) is 158 cm³/mol. The Morgan fingerprint density at radius 2 is 0.935 bits per heavy atom. The molecule has 4 N–H and O–H groups in total. The van der Waals surface area contributed by atoms with Crippen LogP contribution < -0.4 is 21.3 Å². The minimum Gasteiger partial charge on any atom is -0.379 e. The Bertz CT molecular complexity index is 1450. The first-order chi connectivity index (χ1) is 21.7. The number of hydrogen-bond acceptors (Lipinski definition) is 6. The summed E-state index contributed by atoms with van der Waals surface area (Å²) in [6, 6.07) is 20.8. The van der Waals surface area contributed by atoms with Crippen LogP contribution in [0.4, 0.5) is 37.7 Å². The van der Waals surface area contributed by atoms with E-state index in [0.29, 0.717) is 11.1 Å². The van der Waals surface area contributed by atoms with Gasteiger partial charge in [-0.3, -0.25) is 19.2 Å². The number of carbonyl (C=O) groups is 4. The number of allylic oxidation sites excluding steroid dienone is 2. The van der Waals surface area contributed by atoms with E-state index in [9.17, 15) is 45.5 Å². The lowest BCUT2D eigenvalue weighted by atomic mass is 10.0. The molecule has 2 atom stereocenters. The van der Waals surface area contributed by atoms with E-state index in [4.69, 9.17) is 0 Å². The van der Waals surface area contributed by atoms with Crippen molar-refractivity contribution < 1.29 is 45.5 Å². The molecule has 0 saturated heterocycles. The Morgan fingerprint density at radius 3 is 1.28 bits per heavy atom. The summed E-state index contributed by atoms with van der Waals surface area (Å²) >= 11 is 0. The molecule has 0 fully saturated rings. The molecule has 14 heteroatoms. The normalized spacial score (nSPS) is 13.2. The van der Waals surface area contributed by atoms with Crippen molar-refractivity contribution in [1.29, 1.82) is 0 Å². The predicted octanol–water partition coefficient (Wildman–Crippen LogP) is 5.26. The van der Waals surface area contributed by atoms with Gasteiger partial charge in [0.05, 0.1) is 0 Å². The molecular formula is C32H28F6N4O4. The van der Waals surface area contributed by atoms with Crippen LogP contribution in [0.3, 0.4) is 0 Å². The number of amides is 2. The number of ketones is 2. The first kappa shape index (κ1) is 35.1. The molecule has 0 saturated carbocycles. The van der Waals surface area contributed by atoms with E-state index in [1.54, 1.807) is 60.7 Å². The van der Waals surface area contributed by atoms with Gasteiger partial charge in [-0.25, -0.2) is 0 Å². The highest BCUT2D eigenvalue weighted by molar-refractivity contribution is 5.99.